The predicted octanol–water partition coefficient (Wildman–Crippen LogP) is 2.63. The van der Waals surface area contributed by atoms with Crippen molar-refractivity contribution in [1.29, 1.82) is 0 Å². The van der Waals surface area contributed by atoms with Gasteiger partial charge in [0.15, 0.2) is 12.4 Å². The van der Waals surface area contributed by atoms with Crippen LogP contribution in [0.2, 0.25) is 0 Å². The van der Waals surface area contributed by atoms with Crippen LogP contribution in [0.3, 0.4) is 0 Å². The van der Waals surface area contributed by atoms with E-state index in [9.17, 15) is 14.9 Å². The van der Waals surface area contributed by atoms with E-state index in [1.54, 1.807) is 17.0 Å². The van der Waals surface area contributed by atoms with Gasteiger partial charge in [0.1, 0.15) is 0 Å². The number of ether oxygens (including phenoxy) is 1. The number of nitro benzene ring substituents is 1. The number of hydrogen-bond acceptors (Lipinski definition) is 5. The van der Waals surface area contributed by atoms with Crippen LogP contribution in [-0.2, 0) is 11.3 Å². The quantitative estimate of drug-likeness (QED) is 0.578. The highest BCUT2D eigenvalue weighted by atomic mass is 16.6. The third-order valence-corrected chi connectivity index (χ3v) is 4.63. The van der Waals surface area contributed by atoms with Crippen molar-refractivity contribution in [2.45, 2.75) is 13.5 Å². The van der Waals surface area contributed by atoms with Gasteiger partial charge in [0.25, 0.3) is 5.91 Å². The number of piperazine rings is 1. The minimum atomic E-state index is -0.510. The van der Waals surface area contributed by atoms with Gasteiger partial charge in [-0.25, -0.2) is 0 Å². The lowest BCUT2D eigenvalue weighted by Gasteiger charge is -2.34. The Morgan fingerprint density at radius 1 is 1.11 bits per heavy atom. The molecule has 7 heteroatoms. The van der Waals surface area contributed by atoms with E-state index >= 15 is 0 Å². The molecule has 0 aliphatic carbocycles. The standard InChI is InChI=1S/C20H23N3O4/c1-16-5-4-6-17(13-16)14-21-9-11-22(12-10-21)20(24)15-27-19-8-3-2-7-18(19)23(25)26/h2-8,13H,9-12,14-15H2,1H3. The van der Waals surface area contributed by atoms with E-state index in [0.29, 0.717) is 13.1 Å². The van der Waals surface area contributed by atoms with Crippen molar-refractivity contribution in [3.63, 3.8) is 0 Å². The van der Waals surface area contributed by atoms with Crippen LogP contribution < -0.4 is 4.74 Å². The van der Waals surface area contributed by atoms with E-state index in [1.807, 2.05) is 0 Å². The predicted molar refractivity (Wildman–Crippen MR) is 102 cm³/mol. The van der Waals surface area contributed by atoms with Crippen LogP contribution in [0.4, 0.5) is 5.69 Å². The van der Waals surface area contributed by atoms with Crippen LogP contribution in [0.5, 0.6) is 5.75 Å². The SMILES string of the molecule is Cc1cccc(CN2CCN(C(=O)COc3ccccc3[N+](=O)[O-])CC2)c1. The van der Waals surface area contributed by atoms with Gasteiger partial charge in [-0.1, -0.05) is 42.0 Å². The summed E-state index contributed by atoms with van der Waals surface area (Å²) in [5.74, 6) is -0.0303. The summed E-state index contributed by atoms with van der Waals surface area (Å²) in [6.07, 6.45) is 0. The molecule has 0 radical (unpaired) electrons. The van der Waals surface area contributed by atoms with Crippen LogP contribution in [0.1, 0.15) is 11.1 Å². The number of hydrogen-bond donors (Lipinski definition) is 0. The molecule has 7 nitrogen and oxygen atoms in total. The highest BCUT2D eigenvalue weighted by molar-refractivity contribution is 5.78. The third-order valence-electron chi connectivity index (χ3n) is 4.63. The molecule has 1 aliphatic heterocycles. The minimum absolute atomic E-state index is 0.119. The van der Waals surface area contributed by atoms with Gasteiger partial charge >= 0.3 is 5.69 Å². The number of para-hydroxylation sites is 2. The van der Waals surface area contributed by atoms with E-state index in [1.165, 1.54) is 23.3 Å². The summed E-state index contributed by atoms with van der Waals surface area (Å²) in [5.41, 5.74) is 2.39. The molecule has 1 aliphatic rings. The molecule has 2 aromatic rings. The first-order chi connectivity index (χ1) is 13.0. The van der Waals surface area contributed by atoms with Crippen molar-refractivity contribution in [3.8, 4) is 5.75 Å². The highest BCUT2D eigenvalue weighted by Gasteiger charge is 2.22. The third kappa shape index (κ3) is 5.04. The van der Waals surface area contributed by atoms with Crippen molar-refractivity contribution in [2.24, 2.45) is 0 Å². The van der Waals surface area contributed by atoms with Gasteiger partial charge in [0, 0.05) is 38.8 Å². The Labute approximate surface area is 158 Å². The molecule has 0 bridgehead atoms. The van der Waals surface area contributed by atoms with Gasteiger partial charge in [0.2, 0.25) is 0 Å². The van der Waals surface area contributed by atoms with Crippen LogP contribution in [0, 0.1) is 17.0 Å². The van der Waals surface area contributed by atoms with Crippen molar-refractivity contribution in [3.05, 3.63) is 69.8 Å². The number of nitro groups is 1. The summed E-state index contributed by atoms with van der Waals surface area (Å²) in [4.78, 5) is 26.9. The summed E-state index contributed by atoms with van der Waals surface area (Å²) < 4.78 is 5.40. The monoisotopic (exact) mass is 369 g/mol. The lowest BCUT2D eigenvalue weighted by Crippen LogP contribution is -2.49. The first-order valence-corrected chi connectivity index (χ1v) is 8.95. The average molecular weight is 369 g/mol. The van der Waals surface area contributed by atoms with E-state index in [0.717, 1.165) is 19.6 Å². The highest BCUT2D eigenvalue weighted by Crippen LogP contribution is 2.25. The molecule has 1 saturated heterocycles. The number of aryl methyl sites for hydroxylation is 1. The Hall–Kier alpha value is -2.93. The van der Waals surface area contributed by atoms with Gasteiger partial charge in [-0.05, 0) is 18.6 Å². The fourth-order valence-electron chi connectivity index (χ4n) is 3.18. The first kappa shape index (κ1) is 18.8. The van der Waals surface area contributed by atoms with E-state index in [2.05, 4.69) is 36.1 Å². The molecule has 0 aromatic heterocycles. The largest absolute Gasteiger partial charge is 0.477 e. The molecule has 0 atom stereocenters. The van der Waals surface area contributed by atoms with E-state index in [4.69, 9.17) is 4.74 Å². The lowest BCUT2D eigenvalue weighted by atomic mass is 10.1. The molecule has 0 N–H and O–H groups in total. The molecule has 1 heterocycles. The normalized spacial score (nSPS) is 14.8. The molecule has 3 rings (SSSR count). The molecule has 1 fully saturated rings. The van der Waals surface area contributed by atoms with Gasteiger partial charge in [-0.2, -0.15) is 0 Å². The Morgan fingerprint density at radius 3 is 2.56 bits per heavy atom. The Morgan fingerprint density at radius 2 is 1.85 bits per heavy atom. The molecule has 142 valence electrons. The summed E-state index contributed by atoms with van der Waals surface area (Å²) in [6, 6.07) is 14.5. The maximum Gasteiger partial charge on any atom is 0.310 e. The zero-order valence-electron chi connectivity index (χ0n) is 15.3. The van der Waals surface area contributed by atoms with Crippen LogP contribution in [0.15, 0.2) is 48.5 Å². The molecular weight excluding hydrogens is 346 g/mol. The van der Waals surface area contributed by atoms with Crippen molar-refractivity contribution >= 4 is 11.6 Å². The van der Waals surface area contributed by atoms with Crippen LogP contribution >= 0.6 is 0 Å². The fourth-order valence-corrected chi connectivity index (χ4v) is 3.18. The average Bonchev–Trinajstić information content (AvgIpc) is 2.67. The summed E-state index contributed by atoms with van der Waals surface area (Å²) in [7, 11) is 0. The Bertz CT molecular complexity index is 816. The minimum Gasteiger partial charge on any atom is -0.477 e. The van der Waals surface area contributed by atoms with Crippen LogP contribution in [-0.4, -0.2) is 53.4 Å². The number of carbonyl (C=O) groups is 1. The molecule has 2 aromatic carbocycles. The Balaban J connectivity index is 1.48. The fraction of sp³-hybridized carbons (Fsp3) is 0.350. The van der Waals surface area contributed by atoms with Gasteiger partial charge in [0.05, 0.1) is 4.92 Å². The lowest BCUT2D eigenvalue weighted by molar-refractivity contribution is -0.385. The van der Waals surface area contributed by atoms with Crippen molar-refractivity contribution in [1.82, 2.24) is 9.80 Å². The summed E-state index contributed by atoms with van der Waals surface area (Å²) >= 11 is 0. The van der Waals surface area contributed by atoms with Gasteiger partial charge in [-0.15, -0.1) is 0 Å². The maximum absolute atomic E-state index is 12.4. The smallest absolute Gasteiger partial charge is 0.310 e. The van der Waals surface area contributed by atoms with E-state index in [-0.39, 0.29) is 24.0 Å². The summed E-state index contributed by atoms with van der Waals surface area (Å²) in [5, 5.41) is 11.0. The molecule has 27 heavy (non-hydrogen) atoms. The first-order valence-electron chi connectivity index (χ1n) is 8.95. The molecule has 0 saturated carbocycles. The molecule has 1 amide bonds. The number of nitrogens with zero attached hydrogens (tertiary/aromatic N) is 3. The van der Waals surface area contributed by atoms with Crippen molar-refractivity contribution in [2.75, 3.05) is 32.8 Å². The second kappa shape index (κ2) is 8.64. The van der Waals surface area contributed by atoms with Gasteiger partial charge in [-0.3, -0.25) is 19.8 Å². The topological polar surface area (TPSA) is 75.9 Å². The maximum atomic E-state index is 12.4. The van der Waals surface area contributed by atoms with Gasteiger partial charge < -0.3 is 9.64 Å². The zero-order chi connectivity index (χ0) is 19.2. The zero-order valence-corrected chi connectivity index (χ0v) is 15.3. The second-order valence-electron chi connectivity index (χ2n) is 6.66. The number of rotatable bonds is 6. The van der Waals surface area contributed by atoms with E-state index < -0.39 is 4.92 Å². The Kier molecular flexibility index (Phi) is 6.03. The number of amides is 1. The molecule has 0 unspecified atom stereocenters. The number of carbonyl (C=O) groups excluding carboxylic acids is 1. The number of benzene rings is 2. The van der Waals surface area contributed by atoms with Crippen molar-refractivity contribution < 1.29 is 14.5 Å². The second-order valence-corrected chi connectivity index (χ2v) is 6.66. The summed E-state index contributed by atoms with van der Waals surface area (Å²) in [6.45, 7) is 5.61. The van der Waals surface area contributed by atoms with Crippen LogP contribution in [0.25, 0.3) is 0 Å². The molecular formula is C20H23N3O4. The molecule has 0 spiro atoms.